The van der Waals surface area contributed by atoms with Gasteiger partial charge >= 0.3 is 0 Å². The van der Waals surface area contributed by atoms with Gasteiger partial charge in [0.15, 0.2) is 5.69 Å². The number of amides is 1. The topological polar surface area (TPSA) is 94.2 Å². The number of aromatic nitrogens is 3. The van der Waals surface area contributed by atoms with E-state index in [1.807, 2.05) is 0 Å². The second-order valence-electron chi connectivity index (χ2n) is 5.00. The van der Waals surface area contributed by atoms with Crippen molar-refractivity contribution in [3.63, 3.8) is 0 Å². The number of nitrogens with zero attached hydrogens (tertiary/aromatic N) is 5. The number of carbonyl (C=O) groups excluding carboxylic acids is 1. The van der Waals surface area contributed by atoms with E-state index in [4.69, 9.17) is 0 Å². The Morgan fingerprint density at radius 2 is 2.04 bits per heavy atom. The van der Waals surface area contributed by atoms with Crippen LogP contribution in [0.1, 0.15) is 16.2 Å². The lowest BCUT2D eigenvalue weighted by atomic mass is 10.2. The Balaban J connectivity index is 2.39. The van der Waals surface area contributed by atoms with Crippen molar-refractivity contribution in [2.24, 2.45) is 0 Å². The molecule has 0 aliphatic rings. The number of nitro groups is 1. The lowest BCUT2D eigenvalue weighted by molar-refractivity contribution is -0.384. The molecule has 0 saturated heterocycles. The molecule has 0 bridgehead atoms. The van der Waals surface area contributed by atoms with E-state index in [-0.39, 0.29) is 17.3 Å². The summed E-state index contributed by atoms with van der Waals surface area (Å²) in [5.74, 6) is -0.302. The van der Waals surface area contributed by atoms with E-state index >= 15 is 0 Å². The molecule has 24 heavy (non-hydrogen) atoms. The van der Waals surface area contributed by atoms with Crippen LogP contribution in [0.3, 0.4) is 0 Å². The third-order valence-corrected chi connectivity index (χ3v) is 3.37. The fourth-order valence-corrected chi connectivity index (χ4v) is 2.21. The smallest absolute Gasteiger partial charge is 0.276 e. The van der Waals surface area contributed by atoms with E-state index in [9.17, 15) is 14.9 Å². The maximum Gasteiger partial charge on any atom is 0.276 e. The molecule has 0 unspecified atom stereocenters. The molecule has 2 rings (SSSR count). The Morgan fingerprint density at radius 1 is 1.38 bits per heavy atom. The molecule has 0 fully saturated rings. The van der Waals surface area contributed by atoms with Crippen molar-refractivity contribution >= 4 is 11.6 Å². The van der Waals surface area contributed by atoms with Gasteiger partial charge in [-0.05, 0) is 13.0 Å². The molecule has 8 heteroatoms. The normalized spacial score (nSPS) is 10.2. The Labute approximate surface area is 138 Å². The van der Waals surface area contributed by atoms with Gasteiger partial charge in [0.2, 0.25) is 0 Å². The zero-order valence-corrected chi connectivity index (χ0v) is 13.3. The first kappa shape index (κ1) is 17.1. The van der Waals surface area contributed by atoms with Gasteiger partial charge in [-0.3, -0.25) is 14.9 Å². The van der Waals surface area contributed by atoms with Crippen LogP contribution in [0.2, 0.25) is 0 Å². The molecule has 0 atom stereocenters. The van der Waals surface area contributed by atoms with Crippen molar-refractivity contribution < 1.29 is 9.72 Å². The molecular weight excluding hydrogens is 310 g/mol. The Kier molecular flexibility index (Phi) is 5.20. The minimum absolute atomic E-state index is 0.0600. The first-order chi connectivity index (χ1) is 11.5. The van der Waals surface area contributed by atoms with Gasteiger partial charge < -0.3 is 4.90 Å². The lowest BCUT2D eigenvalue weighted by Gasteiger charge is -2.18. The molecule has 1 amide bonds. The first-order valence-electron chi connectivity index (χ1n) is 7.17. The third-order valence-electron chi connectivity index (χ3n) is 3.37. The average Bonchev–Trinajstić information content (AvgIpc) is 2.95. The number of hydrogen-bond donors (Lipinski definition) is 0. The molecule has 0 spiro atoms. The minimum atomic E-state index is -0.488. The SMILES string of the molecule is C=CCN(CC=C)C(=O)c1nnn(-c2cccc([N+](=O)[O-])c2)c1C. The fourth-order valence-electron chi connectivity index (χ4n) is 2.21. The summed E-state index contributed by atoms with van der Waals surface area (Å²) in [5.41, 5.74) is 1.09. The number of non-ortho nitro benzene ring substituents is 1. The molecule has 0 saturated carbocycles. The summed E-state index contributed by atoms with van der Waals surface area (Å²) in [5, 5.41) is 18.8. The molecule has 1 heterocycles. The quantitative estimate of drug-likeness (QED) is 0.442. The summed E-state index contributed by atoms with van der Waals surface area (Å²) < 4.78 is 1.40. The van der Waals surface area contributed by atoms with Gasteiger partial charge in [-0.1, -0.05) is 23.4 Å². The van der Waals surface area contributed by atoms with Crippen molar-refractivity contribution in [3.8, 4) is 5.69 Å². The van der Waals surface area contributed by atoms with E-state index in [0.717, 1.165) is 0 Å². The van der Waals surface area contributed by atoms with Crippen molar-refractivity contribution in [2.75, 3.05) is 13.1 Å². The van der Waals surface area contributed by atoms with Crippen molar-refractivity contribution in [1.82, 2.24) is 19.9 Å². The van der Waals surface area contributed by atoms with Crippen molar-refractivity contribution in [1.29, 1.82) is 0 Å². The maximum absolute atomic E-state index is 12.6. The molecule has 1 aromatic heterocycles. The number of nitro benzene ring substituents is 1. The molecular formula is C16H17N5O3. The molecule has 0 N–H and O–H groups in total. The van der Waals surface area contributed by atoms with Gasteiger partial charge in [-0.2, -0.15) is 0 Å². The average molecular weight is 327 g/mol. The van der Waals surface area contributed by atoms with Gasteiger partial charge in [0.25, 0.3) is 11.6 Å². The minimum Gasteiger partial charge on any atom is -0.330 e. The summed E-state index contributed by atoms with van der Waals surface area (Å²) in [6.07, 6.45) is 3.23. The number of carbonyl (C=O) groups is 1. The van der Waals surface area contributed by atoms with E-state index in [1.54, 1.807) is 31.2 Å². The Hall–Kier alpha value is -3.29. The van der Waals surface area contributed by atoms with Gasteiger partial charge in [-0.25, -0.2) is 4.68 Å². The highest BCUT2D eigenvalue weighted by Gasteiger charge is 2.22. The van der Waals surface area contributed by atoms with Gasteiger partial charge in [0.05, 0.1) is 16.3 Å². The predicted molar refractivity (Wildman–Crippen MR) is 89.0 cm³/mol. The number of hydrogen-bond acceptors (Lipinski definition) is 5. The van der Waals surface area contributed by atoms with Gasteiger partial charge in [0, 0.05) is 25.2 Å². The van der Waals surface area contributed by atoms with Crippen LogP contribution in [0.25, 0.3) is 5.69 Å². The number of benzene rings is 1. The second-order valence-corrected chi connectivity index (χ2v) is 5.00. The van der Waals surface area contributed by atoms with Crippen molar-refractivity contribution in [2.45, 2.75) is 6.92 Å². The molecule has 124 valence electrons. The maximum atomic E-state index is 12.6. The molecule has 8 nitrogen and oxygen atoms in total. The highest BCUT2D eigenvalue weighted by molar-refractivity contribution is 5.93. The lowest BCUT2D eigenvalue weighted by Crippen LogP contribution is -2.32. The Bertz CT molecular complexity index is 787. The van der Waals surface area contributed by atoms with Crippen molar-refractivity contribution in [3.05, 3.63) is 71.1 Å². The third kappa shape index (κ3) is 3.37. The summed E-state index contributed by atoms with van der Waals surface area (Å²) >= 11 is 0. The first-order valence-corrected chi connectivity index (χ1v) is 7.17. The largest absolute Gasteiger partial charge is 0.330 e. The van der Waals surface area contributed by atoms with Crippen LogP contribution in [0.15, 0.2) is 49.6 Å². The monoisotopic (exact) mass is 327 g/mol. The summed E-state index contributed by atoms with van der Waals surface area (Å²) in [6.45, 7) is 9.65. The predicted octanol–water partition coefficient (Wildman–Crippen LogP) is 2.30. The second kappa shape index (κ2) is 7.32. The van der Waals surface area contributed by atoms with Crippen LogP contribution in [-0.2, 0) is 0 Å². The molecule has 0 aliphatic heterocycles. The molecule has 0 aliphatic carbocycles. The molecule has 2 aromatic rings. The summed E-state index contributed by atoms with van der Waals surface area (Å²) in [6, 6.07) is 5.98. The van der Waals surface area contributed by atoms with Crippen LogP contribution in [0, 0.1) is 17.0 Å². The Morgan fingerprint density at radius 3 is 2.62 bits per heavy atom. The van der Waals surface area contributed by atoms with Crippen LogP contribution >= 0.6 is 0 Å². The molecule has 1 aromatic carbocycles. The van der Waals surface area contributed by atoms with E-state index < -0.39 is 4.92 Å². The molecule has 0 radical (unpaired) electrons. The van der Waals surface area contributed by atoms with E-state index in [2.05, 4.69) is 23.5 Å². The van der Waals surface area contributed by atoms with Crippen LogP contribution in [0.4, 0.5) is 5.69 Å². The summed E-state index contributed by atoms with van der Waals surface area (Å²) in [7, 11) is 0. The van der Waals surface area contributed by atoms with E-state index in [0.29, 0.717) is 24.5 Å². The van der Waals surface area contributed by atoms with Crippen LogP contribution < -0.4 is 0 Å². The fraction of sp³-hybridized carbons (Fsp3) is 0.188. The highest BCUT2D eigenvalue weighted by atomic mass is 16.6. The number of rotatable bonds is 7. The van der Waals surface area contributed by atoms with Crippen LogP contribution in [0.5, 0.6) is 0 Å². The van der Waals surface area contributed by atoms with Gasteiger partial charge in [-0.15, -0.1) is 18.3 Å². The highest BCUT2D eigenvalue weighted by Crippen LogP contribution is 2.19. The standard InChI is InChI=1S/C16H17N5O3/c1-4-9-19(10-5-2)16(22)15-12(3)20(18-17-15)13-7-6-8-14(11-13)21(23)24/h4-8,11H,1-2,9-10H2,3H3. The summed E-state index contributed by atoms with van der Waals surface area (Å²) in [4.78, 5) is 24.5. The van der Waals surface area contributed by atoms with E-state index in [1.165, 1.54) is 21.7 Å². The zero-order chi connectivity index (χ0) is 17.7. The zero-order valence-electron chi connectivity index (χ0n) is 13.3. The van der Waals surface area contributed by atoms with Crippen LogP contribution in [-0.4, -0.2) is 43.8 Å². The van der Waals surface area contributed by atoms with Gasteiger partial charge in [0.1, 0.15) is 0 Å².